The van der Waals surface area contributed by atoms with Crippen LogP contribution >= 0.6 is 12.2 Å². The molecular formula is C12H17N3O2S. The van der Waals surface area contributed by atoms with Gasteiger partial charge in [-0.2, -0.15) is 0 Å². The molecule has 0 aromatic carbocycles. The lowest BCUT2D eigenvalue weighted by molar-refractivity contribution is -0.117. The lowest BCUT2D eigenvalue weighted by atomic mass is 10.1. The van der Waals surface area contributed by atoms with Crippen LogP contribution in [0.2, 0.25) is 0 Å². The number of furan rings is 1. The molecule has 0 bridgehead atoms. The minimum atomic E-state index is -0.315. The Hall–Kier alpha value is -1.82. The molecule has 1 amide bonds. The molecule has 0 saturated carbocycles. The summed E-state index contributed by atoms with van der Waals surface area (Å²) in [5.74, 6) is 0.296. The average molecular weight is 267 g/mol. The van der Waals surface area contributed by atoms with Gasteiger partial charge in [0.1, 0.15) is 5.76 Å². The topological polar surface area (TPSA) is 66.3 Å². The molecule has 98 valence electrons. The van der Waals surface area contributed by atoms with Crippen LogP contribution < -0.4 is 16.2 Å². The molecule has 0 aliphatic carbocycles. The zero-order valence-corrected chi connectivity index (χ0v) is 11.4. The van der Waals surface area contributed by atoms with Crippen molar-refractivity contribution in [2.45, 2.75) is 26.3 Å². The standard InChI is InChI=1S/C12H17N3O2S/c1-12(2,3)13-11(18)15-14-10(16)7-6-9-5-4-8-17-9/h4-8H,1-3H3,(H,14,16)(H2,13,15,18)/b7-6+. The fourth-order valence-electron chi connectivity index (χ4n) is 1.08. The Bertz CT molecular complexity index is 433. The van der Waals surface area contributed by atoms with E-state index in [9.17, 15) is 4.79 Å². The summed E-state index contributed by atoms with van der Waals surface area (Å²) < 4.78 is 5.05. The number of hydrogen-bond acceptors (Lipinski definition) is 3. The van der Waals surface area contributed by atoms with Gasteiger partial charge in [0.05, 0.1) is 6.26 Å². The number of hydrazine groups is 1. The summed E-state index contributed by atoms with van der Waals surface area (Å²) in [6.07, 6.45) is 4.46. The van der Waals surface area contributed by atoms with Crippen LogP contribution in [0.4, 0.5) is 0 Å². The predicted molar refractivity (Wildman–Crippen MR) is 74.5 cm³/mol. The summed E-state index contributed by atoms with van der Waals surface area (Å²) in [5.41, 5.74) is 4.90. The molecule has 0 aliphatic heterocycles. The first-order chi connectivity index (χ1) is 8.37. The van der Waals surface area contributed by atoms with Crippen molar-refractivity contribution in [3.8, 4) is 0 Å². The maximum atomic E-state index is 11.4. The minimum absolute atomic E-state index is 0.154. The molecule has 0 aliphatic rings. The normalized spacial score (nSPS) is 11.3. The first kappa shape index (κ1) is 14.2. The summed E-state index contributed by atoms with van der Waals surface area (Å²) >= 11 is 5.00. The molecule has 6 heteroatoms. The molecule has 0 radical (unpaired) electrons. The van der Waals surface area contributed by atoms with E-state index in [1.165, 1.54) is 12.3 Å². The van der Waals surface area contributed by atoms with Gasteiger partial charge in [0.15, 0.2) is 5.11 Å². The zero-order valence-electron chi connectivity index (χ0n) is 10.6. The van der Waals surface area contributed by atoms with Crippen LogP contribution in [0.5, 0.6) is 0 Å². The Balaban J connectivity index is 2.31. The van der Waals surface area contributed by atoms with Crippen LogP contribution in [0, 0.1) is 0 Å². The lowest BCUT2D eigenvalue weighted by Crippen LogP contribution is -2.51. The van der Waals surface area contributed by atoms with Gasteiger partial charge >= 0.3 is 0 Å². The SMILES string of the molecule is CC(C)(C)NC(=S)NNC(=O)/C=C/c1ccco1. The van der Waals surface area contributed by atoms with Crippen molar-refractivity contribution in [2.24, 2.45) is 0 Å². The summed E-state index contributed by atoms with van der Waals surface area (Å²) in [4.78, 5) is 11.4. The molecule has 1 rings (SSSR count). The van der Waals surface area contributed by atoms with E-state index >= 15 is 0 Å². The second-order valence-electron chi connectivity index (χ2n) is 4.67. The van der Waals surface area contributed by atoms with Crippen molar-refractivity contribution < 1.29 is 9.21 Å². The number of rotatable bonds is 2. The van der Waals surface area contributed by atoms with Crippen LogP contribution in [0.15, 0.2) is 28.9 Å². The molecule has 1 heterocycles. The van der Waals surface area contributed by atoms with Crippen molar-refractivity contribution in [3.05, 3.63) is 30.2 Å². The van der Waals surface area contributed by atoms with E-state index < -0.39 is 0 Å². The molecular weight excluding hydrogens is 250 g/mol. The van der Waals surface area contributed by atoms with Crippen molar-refractivity contribution in [3.63, 3.8) is 0 Å². The molecule has 0 saturated heterocycles. The fourth-order valence-corrected chi connectivity index (χ4v) is 1.43. The molecule has 1 aromatic rings. The molecule has 0 spiro atoms. The smallest absolute Gasteiger partial charge is 0.262 e. The maximum Gasteiger partial charge on any atom is 0.262 e. The van der Waals surface area contributed by atoms with Gasteiger partial charge in [-0.15, -0.1) is 0 Å². The number of hydrogen-bond donors (Lipinski definition) is 3. The van der Waals surface area contributed by atoms with Crippen LogP contribution in [-0.2, 0) is 4.79 Å². The summed E-state index contributed by atoms with van der Waals surface area (Å²) in [5, 5.41) is 3.37. The van der Waals surface area contributed by atoms with Gasteiger partial charge in [0.2, 0.25) is 0 Å². The summed E-state index contributed by atoms with van der Waals surface area (Å²) in [7, 11) is 0. The molecule has 3 N–H and O–H groups in total. The van der Waals surface area contributed by atoms with E-state index in [4.69, 9.17) is 16.6 Å². The van der Waals surface area contributed by atoms with Gasteiger partial charge in [0.25, 0.3) is 5.91 Å². The van der Waals surface area contributed by atoms with E-state index in [0.717, 1.165) is 0 Å². The summed E-state index contributed by atoms with van der Waals surface area (Å²) in [6.45, 7) is 5.92. The molecule has 18 heavy (non-hydrogen) atoms. The second-order valence-corrected chi connectivity index (χ2v) is 5.08. The number of carbonyl (C=O) groups excluding carboxylic acids is 1. The largest absolute Gasteiger partial charge is 0.465 e. The fraction of sp³-hybridized carbons (Fsp3) is 0.333. The minimum Gasteiger partial charge on any atom is -0.465 e. The Labute approximate surface area is 112 Å². The van der Waals surface area contributed by atoms with Gasteiger partial charge in [-0.3, -0.25) is 15.6 Å². The van der Waals surface area contributed by atoms with Gasteiger partial charge < -0.3 is 9.73 Å². The first-order valence-electron chi connectivity index (χ1n) is 5.46. The van der Waals surface area contributed by atoms with Gasteiger partial charge in [-0.05, 0) is 51.2 Å². The van der Waals surface area contributed by atoms with Crippen LogP contribution in [0.3, 0.4) is 0 Å². The highest BCUT2D eigenvalue weighted by molar-refractivity contribution is 7.80. The average Bonchev–Trinajstić information content (AvgIpc) is 2.74. The maximum absolute atomic E-state index is 11.4. The van der Waals surface area contributed by atoms with Gasteiger partial charge in [0, 0.05) is 11.6 Å². The van der Waals surface area contributed by atoms with Gasteiger partial charge in [-0.1, -0.05) is 0 Å². The molecule has 0 fully saturated rings. The zero-order chi connectivity index (χ0) is 13.6. The molecule has 0 atom stereocenters. The highest BCUT2D eigenvalue weighted by Crippen LogP contribution is 2.01. The third-order valence-electron chi connectivity index (χ3n) is 1.73. The van der Waals surface area contributed by atoms with E-state index in [0.29, 0.717) is 10.9 Å². The second kappa shape index (κ2) is 6.20. The van der Waals surface area contributed by atoms with Gasteiger partial charge in [-0.25, -0.2) is 0 Å². The number of carbonyl (C=O) groups is 1. The highest BCUT2D eigenvalue weighted by Gasteiger charge is 2.10. The Morgan fingerprint density at radius 1 is 1.39 bits per heavy atom. The van der Waals surface area contributed by atoms with Crippen LogP contribution in [0.25, 0.3) is 6.08 Å². The molecule has 1 aromatic heterocycles. The van der Waals surface area contributed by atoms with E-state index in [1.54, 1.807) is 18.2 Å². The molecule has 0 unspecified atom stereocenters. The number of nitrogens with one attached hydrogen (secondary N) is 3. The Morgan fingerprint density at radius 3 is 2.67 bits per heavy atom. The third kappa shape index (κ3) is 6.05. The van der Waals surface area contributed by atoms with Crippen molar-refractivity contribution in [2.75, 3.05) is 0 Å². The predicted octanol–water partition coefficient (Wildman–Crippen LogP) is 1.59. The van der Waals surface area contributed by atoms with E-state index in [1.807, 2.05) is 20.8 Å². The van der Waals surface area contributed by atoms with Crippen LogP contribution in [-0.4, -0.2) is 16.6 Å². The van der Waals surface area contributed by atoms with Crippen molar-refractivity contribution >= 4 is 29.3 Å². The number of thiocarbonyl (C=S) groups is 1. The van der Waals surface area contributed by atoms with Crippen LogP contribution in [0.1, 0.15) is 26.5 Å². The number of amides is 1. The summed E-state index contributed by atoms with van der Waals surface area (Å²) in [6, 6.07) is 3.50. The van der Waals surface area contributed by atoms with E-state index in [2.05, 4.69) is 16.2 Å². The third-order valence-corrected chi connectivity index (χ3v) is 1.93. The van der Waals surface area contributed by atoms with Crippen molar-refractivity contribution in [1.29, 1.82) is 0 Å². The Kier molecular flexibility index (Phi) is 4.91. The quantitative estimate of drug-likeness (QED) is 0.431. The first-order valence-corrected chi connectivity index (χ1v) is 5.87. The Morgan fingerprint density at radius 2 is 2.11 bits per heavy atom. The monoisotopic (exact) mass is 267 g/mol. The van der Waals surface area contributed by atoms with Crippen molar-refractivity contribution in [1.82, 2.24) is 16.2 Å². The lowest BCUT2D eigenvalue weighted by Gasteiger charge is -2.22. The highest BCUT2D eigenvalue weighted by atomic mass is 32.1. The molecule has 5 nitrogen and oxygen atoms in total. The van der Waals surface area contributed by atoms with E-state index in [-0.39, 0.29) is 11.4 Å².